The summed E-state index contributed by atoms with van der Waals surface area (Å²) in [4.78, 5) is 18.4. The minimum Gasteiger partial charge on any atom is -0.530 e. The summed E-state index contributed by atoms with van der Waals surface area (Å²) in [5.74, 6) is 0.723. The molecule has 0 aliphatic carbocycles. The number of anilines is 2. The van der Waals surface area contributed by atoms with Crippen molar-refractivity contribution >= 4 is 46.3 Å². The molecule has 0 radical (unpaired) electrons. The molecule has 1 aromatic heterocycles. The van der Waals surface area contributed by atoms with E-state index in [0.717, 1.165) is 31.8 Å². The number of nitrogens with zero attached hydrogens (tertiary/aromatic N) is 4. The van der Waals surface area contributed by atoms with E-state index in [1.807, 2.05) is 36.4 Å². The molecule has 9 heteroatoms. The van der Waals surface area contributed by atoms with Crippen molar-refractivity contribution in [2.45, 2.75) is 0 Å². The predicted octanol–water partition coefficient (Wildman–Crippen LogP) is 2.86. The third kappa shape index (κ3) is 4.73. The second kappa shape index (κ2) is 9.16. The van der Waals surface area contributed by atoms with Gasteiger partial charge in [-0.15, -0.1) is 0 Å². The van der Waals surface area contributed by atoms with Gasteiger partial charge in [-0.1, -0.05) is 6.07 Å². The van der Waals surface area contributed by atoms with E-state index in [1.54, 1.807) is 12.4 Å². The van der Waals surface area contributed by atoms with Gasteiger partial charge in [0.25, 0.3) is 0 Å². The van der Waals surface area contributed by atoms with Gasteiger partial charge in [0.1, 0.15) is 6.09 Å². The minimum absolute atomic E-state index is 0.459. The topological polar surface area (TPSA) is 97.0 Å². The first kappa shape index (κ1) is 20.2. The van der Waals surface area contributed by atoms with Gasteiger partial charge < -0.3 is 24.1 Å². The van der Waals surface area contributed by atoms with Crippen LogP contribution in [0.3, 0.4) is 0 Å². The van der Waals surface area contributed by atoms with Gasteiger partial charge in [-0.3, -0.25) is 5.43 Å². The molecule has 1 saturated heterocycles. The van der Waals surface area contributed by atoms with Crippen LogP contribution in [0.4, 0.5) is 16.2 Å². The van der Waals surface area contributed by atoms with Gasteiger partial charge in [0.2, 0.25) is 0 Å². The van der Waals surface area contributed by atoms with Crippen molar-refractivity contribution in [2.24, 2.45) is 5.10 Å². The Morgan fingerprint density at radius 1 is 1.17 bits per heavy atom. The maximum absolute atomic E-state index is 11.0. The molecule has 0 atom stereocenters. The molecule has 4 rings (SSSR count). The summed E-state index contributed by atoms with van der Waals surface area (Å²) in [5.41, 5.74) is 6.91. The highest BCUT2D eigenvalue weighted by Gasteiger charge is 2.18. The number of halogens is 1. The van der Waals surface area contributed by atoms with Crippen molar-refractivity contribution in [3.8, 4) is 11.3 Å². The molecule has 2 heterocycles. The quantitative estimate of drug-likeness (QED) is 0.319. The van der Waals surface area contributed by atoms with Crippen LogP contribution in [-0.4, -0.2) is 48.4 Å². The summed E-state index contributed by atoms with van der Waals surface area (Å²) in [6, 6.07) is 13.8. The highest BCUT2D eigenvalue weighted by molar-refractivity contribution is 14.1. The first-order valence-corrected chi connectivity index (χ1v) is 10.5. The largest absolute Gasteiger partial charge is 0.530 e. The average Bonchev–Trinajstić information content (AvgIpc) is 3.29. The molecule has 0 spiro atoms. The molecule has 0 unspecified atom stereocenters. The summed E-state index contributed by atoms with van der Waals surface area (Å²) < 4.78 is 6.37. The number of hydrogen-bond donors (Lipinski definition) is 1. The van der Waals surface area contributed by atoms with Gasteiger partial charge in [-0.05, 0) is 64.6 Å². The smallest absolute Gasteiger partial charge is 0.181 e. The SMILES string of the molecule is O=C([O-])N1CCN(c2ccc(/C=N/Nc3ccc(-c4cnco4)cc3)cc2I)CC1. The van der Waals surface area contributed by atoms with Crippen LogP contribution in [0.1, 0.15) is 5.56 Å². The highest BCUT2D eigenvalue weighted by atomic mass is 127. The Balaban J connectivity index is 1.35. The molecule has 1 aliphatic heterocycles. The summed E-state index contributed by atoms with van der Waals surface area (Å²) in [7, 11) is 0. The van der Waals surface area contributed by atoms with Crippen LogP contribution in [0, 0.1) is 3.57 Å². The van der Waals surface area contributed by atoms with Crippen molar-refractivity contribution in [2.75, 3.05) is 36.5 Å². The van der Waals surface area contributed by atoms with Crippen LogP contribution in [0.25, 0.3) is 11.3 Å². The molecule has 3 aromatic rings. The van der Waals surface area contributed by atoms with Gasteiger partial charge >= 0.3 is 0 Å². The normalized spacial score (nSPS) is 14.3. The molecule has 0 bridgehead atoms. The van der Waals surface area contributed by atoms with Crippen molar-refractivity contribution in [1.82, 2.24) is 9.88 Å². The van der Waals surface area contributed by atoms with Crippen molar-refractivity contribution < 1.29 is 14.3 Å². The monoisotopic (exact) mass is 516 g/mol. The summed E-state index contributed by atoms with van der Waals surface area (Å²) in [5, 5.41) is 15.3. The molecule has 8 nitrogen and oxygen atoms in total. The second-order valence-corrected chi connectivity index (χ2v) is 7.93. The van der Waals surface area contributed by atoms with E-state index in [2.05, 4.69) is 49.1 Å². The summed E-state index contributed by atoms with van der Waals surface area (Å²) in [6.45, 7) is 2.23. The van der Waals surface area contributed by atoms with Crippen LogP contribution >= 0.6 is 22.6 Å². The number of benzene rings is 2. The van der Waals surface area contributed by atoms with E-state index < -0.39 is 6.09 Å². The van der Waals surface area contributed by atoms with Crippen LogP contribution in [-0.2, 0) is 0 Å². The fraction of sp³-hybridized carbons (Fsp3) is 0.190. The van der Waals surface area contributed by atoms with Crippen molar-refractivity contribution in [3.63, 3.8) is 0 Å². The summed E-state index contributed by atoms with van der Waals surface area (Å²) in [6.07, 6.45) is 3.75. The molecular formula is C21H19IN5O3-. The Morgan fingerprint density at radius 3 is 2.57 bits per heavy atom. The molecule has 1 aliphatic rings. The van der Waals surface area contributed by atoms with E-state index in [1.165, 1.54) is 11.3 Å². The van der Waals surface area contributed by atoms with E-state index in [-0.39, 0.29) is 0 Å². The van der Waals surface area contributed by atoms with E-state index in [4.69, 9.17) is 4.42 Å². The summed E-state index contributed by atoms with van der Waals surface area (Å²) >= 11 is 2.30. The highest BCUT2D eigenvalue weighted by Crippen LogP contribution is 2.25. The molecule has 1 amide bonds. The van der Waals surface area contributed by atoms with E-state index in [0.29, 0.717) is 26.2 Å². The maximum atomic E-state index is 11.0. The number of hydrazone groups is 1. The molecule has 1 N–H and O–H groups in total. The minimum atomic E-state index is -1.10. The number of carbonyl (C=O) groups excluding carboxylic acids is 1. The van der Waals surface area contributed by atoms with Crippen LogP contribution < -0.4 is 15.4 Å². The Bertz CT molecular complexity index is 1030. The number of rotatable bonds is 5. The van der Waals surface area contributed by atoms with E-state index >= 15 is 0 Å². The average molecular weight is 516 g/mol. The number of hydrogen-bond acceptors (Lipinski definition) is 7. The number of piperazine rings is 1. The first-order valence-electron chi connectivity index (χ1n) is 9.38. The molecule has 2 aromatic carbocycles. The lowest BCUT2D eigenvalue weighted by Gasteiger charge is -2.37. The Hall–Kier alpha value is -3.08. The second-order valence-electron chi connectivity index (χ2n) is 6.76. The zero-order valence-corrected chi connectivity index (χ0v) is 18.2. The van der Waals surface area contributed by atoms with Gasteiger partial charge in [0, 0.05) is 35.3 Å². The Labute approximate surface area is 187 Å². The molecule has 30 heavy (non-hydrogen) atoms. The molecule has 0 saturated carbocycles. The number of carbonyl (C=O) groups is 1. The number of amides is 1. The lowest BCUT2D eigenvalue weighted by molar-refractivity contribution is -0.265. The number of carboxylic acid groups (broad SMARTS) is 1. The molecule has 154 valence electrons. The Morgan fingerprint density at radius 2 is 1.93 bits per heavy atom. The van der Waals surface area contributed by atoms with Gasteiger partial charge in [-0.25, -0.2) is 4.98 Å². The lowest BCUT2D eigenvalue weighted by Crippen LogP contribution is -2.52. The number of nitrogens with one attached hydrogen (secondary N) is 1. The lowest BCUT2D eigenvalue weighted by atomic mass is 10.2. The van der Waals surface area contributed by atoms with Gasteiger partial charge in [0.15, 0.2) is 12.2 Å². The third-order valence-corrected chi connectivity index (χ3v) is 5.72. The van der Waals surface area contributed by atoms with Crippen molar-refractivity contribution in [3.05, 3.63) is 64.2 Å². The predicted molar refractivity (Wildman–Crippen MR) is 121 cm³/mol. The third-order valence-electron chi connectivity index (χ3n) is 4.86. The van der Waals surface area contributed by atoms with Crippen LogP contribution in [0.15, 0.2) is 64.6 Å². The van der Waals surface area contributed by atoms with Crippen LogP contribution in [0.5, 0.6) is 0 Å². The molecule has 1 fully saturated rings. The van der Waals surface area contributed by atoms with E-state index in [9.17, 15) is 9.90 Å². The Kier molecular flexibility index (Phi) is 6.17. The number of aromatic nitrogens is 1. The maximum Gasteiger partial charge on any atom is 0.181 e. The zero-order chi connectivity index (χ0) is 20.9. The van der Waals surface area contributed by atoms with Gasteiger partial charge in [0.05, 0.1) is 23.8 Å². The number of oxazole rings is 1. The van der Waals surface area contributed by atoms with Gasteiger partial charge in [-0.2, -0.15) is 5.10 Å². The fourth-order valence-corrected chi connectivity index (χ4v) is 4.12. The molecular weight excluding hydrogens is 497 g/mol. The fourth-order valence-electron chi connectivity index (χ4n) is 3.24. The zero-order valence-electron chi connectivity index (χ0n) is 16.0. The van der Waals surface area contributed by atoms with Crippen LogP contribution in [0.2, 0.25) is 0 Å². The van der Waals surface area contributed by atoms with Crippen molar-refractivity contribution in [1.29, 1.82) is 0 Å². The first-order chi connectivity index (χ1) is 14.6. The standard InChI is InChI=1S/C21H20IN5O3/c22-18-11-15(1-6-19(18)26-7-9-27(10-8-26)21(28)29)12-24-25-17-4-2-16(3-5-17)20-13-23-14-30-20/h1-6,11-14,25H,7-10H2,(H,28,29)/p-1/b24-12+.